The van der Waals surface area contributed by atoms with Crippen LogP contribution in [0.2, 0.25) is 0 Å². The lowest BCUT2D eigenvalue weighted by atomic mass is 9.84. The van der Waals surface area contributed by atoms with Gasteiger partial charge in [0.15, 0.2) is 11.6 Å². The minimum atomic E-state index is -1.34. The molecule has 0 bridgehead atoms. The number of hydrogen-bond acceptors (Lipinski definition) is 7. The Morgan fingerprint density at radius 1 is 0.933 bits per heavy atom. The third-order valence-corrected chi connectivity index (χ3v) is 7.60. The minimum absolute atomic E-state index is 0.0638. The molecule has 0 spiro atoms. The average Bonchev–Trinajstić information content (AvgIpc) is 3.49. The summed E-state index contributed by atoms with van der Waals surface area (Å²) in [4.78, 5) is 19.5. The van der Waals surface area contributed by atoms with Crippen molar-refractivity contribution in [1.82, 2.24) is 5.32 Å². The van der Waals surface area contributed by atoms with Gasteiger partial charge in [-0.25, -0.2) is 4.99 Å². The highest BCUT2D eigenvalue weighted by Gasteiger charge is 2.52. The lowest BCUT2D eigenvalue weighted by Gasteiger charge is -2.30. The fourth-order valence-corrected chi connectivity index (χ4v) is 5.24. The van der Waals surface area contributed by atoms with Gasteiger partial charge >= 0.3 is 0 Å². The van der Waals surface area contributed by atoms with Gasteiger partial charge in [0.05, 0.1) is 20.8 Å². The minimum Gasteiger partial charge on any atom is -0.497 e. The molecule has 232 valence electrons. The van der Waals surface area contributed by atoms with Gasteiger partial charge in [-0.05, 0) is 53.6 Å². The zero-order chi connectivity index (χ0) is 31.5. The van der Waals surface area contributed by atoms with Crippen molar-refractivity contribution < 1.29 is 28.8 Å². The number of aliphatic hydroxyl groups is 1. The Labute approximate surface area is 264 Å². The van der Waals surface area contributed by atoms with Crippen molar-refractivity contribution in [2.75, 3.05) is 27.4 Å². The number of carbonyl (C=O) groups is 1. The van der Waals surface area contributed by atoms with Crippen molar-refractivity contribution in [3.63, 3.8) is 0 Å². The molecular weight excluding hydrogens is 568 g/mol. The second-order valence-corrected chi connectivity index (χ2v) is 10.6. The van der Waals surface area contributed by atoms with E-state index in [2.05, 4.69) is 5.32 Å². The van der Waals surface area contributed by atoms with E-state index in [1.165, 1.54) is 0 Å². The number of carbonyl (C=O) groups excluding carboxylic acids is 1. The van der Waals surface area contributed by atoms with Crippen LogP contribution in [0.15, 0.2) is 114 Å². The first-order chi connectivity index (χ1) is 22.1. The van der Waals surface area contributed by atoms with Crippen molar-refractivity contribution in [2.45, 2.75) is 31.0 Å². The van der Waals surface area contributed by atoms with Gasteiger partial charge < -0.3 is 29.4 Å². The van der Waals surface area contributed by atoms with E-state index in [-0.39, 0.29) is 25.5 Å². The molecule has 2 N–H and O–H groups in total. The second-order valence-electron chi connectivity index (χ2n) is 10.6. The lowest BCUT2D eigenvalue weighted by Crippen LogP contribution is -2.47. The van der Waals surface area contributed by atoms with Crippen molar-refractivity contribution >= 4 is 17.9 Å². The number of hydrogen-bond donors (Lipinski definition) is 2. The summed E-state index contributed by atoms with van der Waals surface area (Å²) in [5.74, 6) is 2.08. The molecule has 1 aliphatic rings. The Kier molecular flexibility index (Phi) is 10.5. The van der Waals surface area contributed by atoms with E-state index in [1.807, 2.05) is 115 Å². The van der Waals surface area contributed by atoms with Crippen LogP contribution in [0.4, 0.5) is 0 Å². The molecule has 0 unspecified atom stereocenters. The summed E-state index contributed by atoms with van der Waals surface area (Å²) in [6, 6.07) is 32.4. The van der Waals surface area contributed by atoms with E-state index in [9.17, 15) is 4.79 Å². The van der Waals surface area contributed by atoms with Crippen LogP contribution >= 0.6 is 0 Å². The smallest absolute Gasteiger partial charge is 0.252 e. The molecule has 1 aliphatic heterocycles. The van der Waals surface area contributed by atoms with Crippen LogP contribution < -0.4 is 19.5 Å². The van der Waals surface area contributed by atoms with Gasteiger partial charge in [-0.3, -0.25) is 4.79 Å². The molecule has 0 radical (unpaired) electrons. The molecular formula is C37H38N2O6. The first-order valence-electron chi connectivity index (χ1n) is 14.9. The van der Waals surface area contributed by atoms with Crippen LogP contribution in [-0.2, 0) is 16.1 Å². The normalized spacial score (nSPS) is 17.4. The highest BCUT2D eigenvalue weighted by atomic mass is 16.5. The topological polar surface area (TPSA) is 98.6 Å². The zero-order valence-electron chi connectivity index (χ0n) is 25.5. The third-order valence-electron chi connectivity index (χ3n) is 7.60. The van der Waals surface area contributed by atoms with Crippen molar-refractivity contribution in [3.05, 3.63) is 131 Å². The van der Waals surface area contributed by atoms with Crippen molar-refractivity contribution in [3.8, 4) is 17.2 Å². The molecule has 5 rings (SSSR count). The molecule has 0 fully saturated rings. The number of benzene rings is 4. The van der Waals surface area contributed by atoms with Gasteiger partial charge in [0.2, 0.25) is 5.90 Å². The van der Waals surface area contributed by atoms with Crippen LogP contribution in [0.5, 0.6) is 17.2 Å². The van der Waals surface area contributed by atoms with Gasteiger partial charge in [0.25, 0.3) is 5.91 Å². The molecule has 0 aliphatic carbocycles. The molecule has 1 heterocycles. The highest BCUT2D eigenvalue weighted by molar-refractivity contribution is 6.01. The second kappa shape index (κ2) is 15.1. The van der Waals surface area contributed by atoms with E-state index in [0.717, 1.165) is 16.7 Å². The van der Waals surface area contributed by atoms with Crippen LogP contribution in [-0.4, -0.2) is 49.9 Å². The number of amides is 1. The first kappa shape index (κ1) is 31.3. The van der Waals surface area contributed by atoms with Gasteiger partial charge in [0.1, 0.15) is 17.2 Å². The van der Waals surface area contributed by atoms with Crippen LogP contribution in [0.1, 0.15) is 41.2 Å². The number of para-hydroxylation sites is 1. The SMILES string of the molecule is COc1cccc([C@H]2OC(c3ccc(OCCCO)cc3)=N[C@@]2(C/C=C/c2ccccc2)C(=O)NCc2ccccc2OC)c1. The Balaban J connectivity index is 1.54. The highest BCUT2D eigenvalue weighted by Crippen LogP contribution is 2.43. The van der Waals surface area contributed by atoms with Gasteiger partial charge in [0, 0.05) is 37.1 Å². The number of nitrogens with zero attached hydrogens (tertiary/aromatic N) is 1. The standard InChI is InChI=1S/C37H38N2O6/c1-42-32-16-8-15-29(25-32)34-37(22-9-13-27-11-4-3-5-12-27,36(41)38-26-30-14-6-7-17-33(30)43-2)39-35(45-34)28-18-20-31(21-19-28)44-24-10-23-40/h3-9,11-21,25,34,40H,10,22-24,26H2,1-2H3,(H,38,41)/b13-9+/t34-,37-/m1/s1. The van der Waals surface area contributed by atoms with Crippen molar-refractivity contribution in [2.24, 2.45) is 4.99 Å². The Morgan fingerprint density at radius 2 is 1.71 bits per heavy atom. The van der Waals surface area contributed by atoms with E-state index >= 15 is 0 Å². The number of rotatable bonds is 14. The number of methoxy groups -OCH3 is 2. The summed E-state index contributed by atoms with van der Waals surface area (Å²) in [6.07, 6.45) is 4.03. The molecule has 4 aromatic carbocycles. The molecule has 0 saturated heterocycles. The summed E-state index contributed by atoms with van der Waals surface area (Å²) in [5.41, 5.74) is 1.99. The maximum atomic E-state index is 14.5. The molecule has 1 amide bonds. The maximum Gasteiger partial charge on any atom is 0.252 e. The van der Waals surface area contributed by atoms with E-state index in [4.69, 9.17) is 29.0 Å². The summed E-state index contributed by atoms with van der Waals surface area (Å²) < 4.78 is 23.4. The third kappa shape index (κ3) is 7.53. The van der Waals surface area contributed by atoms with Crippen LogP contribution in [0.3, 0.4) is 0 Å². The molecule has 0 aromatic heterocycles. The number of nitrogens with one attached hydrogen (secondary N) is 1. The van der Waals surface area contributed by atoms with Crippen molar-refractivity contribution in [1.29, 1.82) is 0 Å². The quantitative estimate of drug-likeness (QED) is 0.167. The Morgan fingerprint density at radius 3 is 2.47 bits per heavy atom. The summed E-state index contributed by atoms with van der Waals surface area (Å²) in [5, 5.41) is 12.2. The number of ether oxygens (including phenoxy) is 4. The molecule has 2 atom stereocenters. The van der Waals surface area contributed by atoms with E-state index < -0.39 is 11.6 Å². The fraction of sp³-hybridized carbons (Fsp3) is 0.243. The van der Waals surface area contributed by atoms with Crippen LogP contribution in [0, 0.1) is 0 Å². The number of aliphatic hydroxyl groups excluding tert-OH is 1. The molecule has 45 heavy (non-hydrogen) atoms. The molecule has 4 aromatic rings. The van der Waals surface area contributed by atoms with Crippen LogP contribution in [0.25, 0.3) is 6.08 Å². The summed E-state index contributed by atoms with van der Waals surface area (Å²) >= 11 is 0. The zero-order valence-corrected chi connectivity index (χ0v) is 25.5. The number of aliphatic imine (C=N–C) groups is 1. The van der Waals surface area contributed by atoms with Gasteiger partial charge in [-0.2, -0.15) is 0 Å². The van der Waals surface area contributed by atoms with E-state index in [1.54, 1.807) is 14.2 Å². The largest absolute Gasteiger partial charge is 0.497 e. The molecule has 8 heteroatoms. The Bertz CT molecular complexity index is 1620. The Hall–Kier alpha value is -5.08. The molecule has 8 nitrogen and oxygen atoms in total. The monoisotopic (exact) mass is 606 g/mol. The maximum absolute atomic E-state index is 14.5. The predicted molar refractivity (Wildman–Crippen MR) is 175 cm³/mol. The van der Waals surface area contributed by atoms with Gasteiger partial charge in [-0.1, -0.05) is 72.8 Å². The fourth-order valence-electron chi connectivity index (χ4n) is 5.24. The summed E-state index contributed by atoms with van der Waals surface area (Å²) in [7, 11) is 3.22. The average molecular weight is 607 g/mol. The van der Waals surface area contributed by atoms with E-state index in [0.29, 0.717) is 41.7 Å². The summed E-state index contributed by atoms with van der Waals surface area (Å²) in [6.45, 7) is 0.727. The lowest BCUT2D eigenvalue weighted by molar-refractivity contribution is -0.129. The molecule has 0 saturated carbocycles. The van der Waals surface area contributed by atoms with Gasteiger partial charge in [-0.15, -0.1) is 0 Å². The first-order valence-corrected chi connectivity index (χ1v) is 14.9. The predicted octanol–water partition coefficient (Wildman–Crippen LogP) is 6.14.